The number of aromatic nitrogens is 2. The van der Waals surface area contributed by atoms with Crippen molar-refractivity contribution >= 4 is 21.4 Å². The molecule has 0 aliphatic carbocycles. The normalized spacial score (nSPS) is 21.0. The summed E-state index contributed by atoms with van der Waals surface area (Å²) in [7, 11) is -3.05. The molecule has 1 amide bonds. The van der Waals surface area contributed by atoms with Gasteiger partial charge in [-0.2, -0.15) is 5.10 Å². The number of carbonyl (C=O) groups excluding carboxylic acids is 1. The van der Waals surface area contributed by atoms with E-state index in [-0.39, 0.29) is 18.2 Å². The van der Waals surface area contributed by atoms with Crippen LogP contribution in [0.15, 0.2) is 0 Å². The van der Waals surface area contributed by atoms with E-state index in [1.807, 2.05) is 6.92 Å². The second kappa shape index (κ2) is 5.43. The summed E-state index contributed by atoms with van der Waals surface area (Å²) in [6.45, 7) is 4.26. The molecule has 0 aromatic carbocycles. The van der Waals surface area contributed by atoms with Crippen molar-refractivity contribution in [3.63, 3.8) is 0 Å². The summed E-state index contributed by atoms with van der Waals surface area (Å²) in [4.78, 5) is 12.2. The first-order valence-electron chi connectivity index (χ1n) is 6.69. The summed E-state index contributed by atoms with van der Waals surface area (Å²) in [6.07, 6.45) is 1.27. The molecule has 0 spiro atoms. The van der Waals surface area contributed by atoms with Gasteiger partial charge in [0.1, 0.15) is 5.69 Å². The molecule has 3 N–H and O–H groups in total. The SMILES string of the molecule is CCn1nc(C)c(N)c1C(=O)NCC1CCCS1(=O)=O. The Morgan fingerprint density at radius 1 is 1.55 bits per heavy atom. The minimum atomic E-state index is -3.05. The standard InChI is InChI=1S/C12H20N4O3S/c1-3-16-11(10(13)8(2)15-16)12(17)14-7-9-5-4-6-20(9,18)19/h9H,3-7,13H2,1-2H3,(H,14,17). The average molecular weight is 300 g/mol. The Balaban J connectivity index is 2.10. The molecular weight excluding hydrogens is 280 g/mol. The Kier molecular flexibility index (Phi) is 4.03. The average Bonchev–Trinajstić information content (AvgIpc) is 2.87. The monoisotopic (exact) mass is 300 g/mol. The van der Waals surface area contributed by atoms with Crippen molar-refractivity contribution in [1.82, 2.24) is 15.1 Å². The fraction of sp³-hybridized carbons (Fsp3) is 0.667. The fourth-order valence-electron chi connectivity index (χ4n) is 2.44. The Morgan fingerprint density at radius 3 is 2.80 bits per heavy atom. The van der Waals surface area contributed by atoms with Crippen LogP contribution in [0.3, 0.4) is 0 Å². The van der Waals surface area contributed by atoms with Gasteiger partial charge in [0.15, 0.2) is 9.84 Å². The zero-order valence-electron chi connectivity index (χ0n) is 11.7. The maximum Gasteiger partial charge on any atom is 0.271 e. The van der Waals surface area contributed by atoms with Crippen molar-refractivity contribution in [2.24, 2.45) is 0 Å². The van der Waals surface area contributed by atoms with E-state index in [1.165, 1.54) is 4.68 Å². The summed E-state index contributed by atoms with van der Waals surface area (Å²) < 4.78 is 25.0. The number of nitrogens with two attached hydrogens (primary N) is 1. The molecule has 2 heterocycles. The molecule has 0 radical (unpaired) electrons. The third-order valence-electron chi connectivity index (χ3n) is 3.64. The maximum atomic E-state index is 12.2. The molecule has 1 aromatic heterocycles. The van der Waals surface area contributed by atoms with Gasteiger partial charge in [-0.1, -0.05) is 0 Å². The van der Waals surface area contributed by atoms with Crippen molar-refractivity contribution < 1.29 is 13.2 Å². The lowest BCUT2D eigenvalue weighted by Gasteiger charge is -2.11. The van der Waals surface area contributed by atoms with Crippen LogP contribution in [0.5, 0.6) is 0 Å². The molecule has 0 bridgehead atoms. The van der Waals surface area contributed by atoms with Crippen LogP contribution >= 0.6 is 0 Å². The number of hydrogen-bond acceptors (Lipinski definition) is 5. The van der Waals surface area contributed by atoms with E-state index in [2.05, 4.69) is 10.4 Å². The molecular formula is C12H20N4O3S. The van der Waals surface area contributed by atoms with Crippen LogP contribution in [-0.2, 0) is 16.4 Å². The molecule has 1 aliphatic rings. The number of aryl methyl sites for hydroxylation is 2. The zero-order chi connectivity index (χ0) is 14.9. The highest BCUT2D eigenvalue weighted by Crippen LogP contribution is 2.20. The Hall–Kier alpha value is -1.57. The predicted octanol–water partition coefficient (Wildman–Crippen LogP) is 0.101. The molecule has 1 fully saturated rings. The van der Waals surface area contributed by atoms with Gasteiger partial charge in [-0.05, 0) is 26.7 Å². The van der Waals surface area contributed by atoms with E-state index in [1.54, 1.807) is 6.92 Å². The summed E-state index contributed by atoms with van der Waals surface area (Å²) >= 11 is 0. The van der Waals surface area contributed by atoms with Crippen LogP contribution in [0.2, 0.25) is 0 Å². The van der Waals surface area contributed by atoms with Crippen molar-refractivity contribution in [2.75, 3.05) is 18.0 Å². The van der Waals surface area contributed by atoms with E-state index in [0.29, 0.717) is 36.5 Å². The lowest BCUT2D eigenvalue weighted by molar-refractivity contribution is 0.0944. The number of hydrogen-bond donors (Lipinski definition) is 2. The molecule has 1 aliphatic heterocycles. The van der Waals surface area contributed by atoms with Gasteiger partial charge in [0.05, 0.1) is 22.4 Å². The van der Waals surface area contributed by atoms with Gasteiger partial charge in [-0.25, -0.2) is 8.42 Å². The molecule has 7 nitrogen and oxygen atoms in total. The highest BCUT2D eigenvalue weighted by molar-refractivity contribution is 7.92. The van der Waals surface area contributed by atoms with Crippen molar-refractivity contribution in [3.8, 4) is 0 Å². The summed E-state index contributed by atoms with van der Waals surface area (Å²) in [5.41, 5.74) is 7.11. The minimum absolute atomic E-state index is 0.133. The van der Waals surface area contributed by atoms with Gasteiger partial charge < -0.3 is 11.1 Å². The van der Waals surface area contributed by atoms with Gasteiger partial charge >= 0.3 is 0 Å². The molecule has 1 aromatic rings. The van der Waals surface area contributed by atoms with Crippen LogP contribution in [0.1, 0.15) is 35.9 Å². The number of amides is 1. The van der Waals surface area contributed by atoms with Gasteiger partial charge in [0.2, 0.25) is 0 Å². The number of rotatable bonds is 4. The number of sulfone groups is 1. The van der Waals surface area contributed by atoms with E-state index >= 15 is 0 Å². The van der Waals surface area contributed by atoms with Gasteiger partial charge in [0.25, 0.3) is 5.91 Å². The summed E-state index contributed by atoms with van der Waals surface area (Å²) in [5, 5.41) is 6.36. The smallest absolute Gasteiger partial charge is 0.271 e. The van der Waals surface area contributed by atoms with Crippen LogP contribution in [-0.4, -0.2) is 41.7 Å². The summed E-state index contributed by atoms with van der Waals surface area (Å²) in [5.74, 6) is -0.158. The zero-order valence-corrected chi connectivity index (χ0v) is 12.5. The molecule has 1 atom stereocenters. The van der Waals surface area contributed by atoms with Crippen LogP contribution in [0.25, 0.3) is 0 Å². The Morgan fingerprint density at radius 2 is 2.25 bits per heavy atom. The van der Waals surface area contributed by atoms with Crippen molar-refractivity contribution in [1.29, 1.82) is 0 Å². The summed E-state index contributed by atoms with van der Waals surface area (Å²) in [6, 6.07) is 0. The number of nitrogens with zero attached hydrogens (tertiary/aromatic N) is 2. The molecule has 8 heteroatoms. The number of nitrogen functional groups attached to an aromatic ring is 1. The fourth-order valence-corrected chi connectivity index (χ4v) is 4.21. The highest BCUT2D eigenvalue weighted by Gasteiger charge is 2.32. The second-order valence-corrected chi connectivity index (χ2v) is 7.41. The molecule has 2 rings (SSSR count). The molecule has 0 saturated carbocycles. The highest BCUT2D eigenvalue weighted by atomic mass is 32.2. The molecule has 1 unspecified atom stereocenters. The molecule has 20 heavy (non-hydrogen) atoms. The van der Waals surface area contributed by atoms with E-state index in [4.69, 9.17) is 5.73 Å². The lowest BCUT2D eigenvalue weighted by atomic mass is 10.2. The number of carbonyl (C=O) groups is 1. The quantitative estimate of drug-likeness (QED) is 0.820. The van der Waals surface area contributed by atoms with Crippen LogP contribution in [0.4, 0.5) is 5.69 Å². The van der Waals surface area contributed by atoms with Crippen LogP contribution < -0.4 is 11.1 Å². The Labute approximate surface area is 118 Å². The van der Waals surface area contributed by atoms with E-state index in [0.717, 1.165) is 0 Å². The first-order chi connectivity index (χ1) is 9.36. The largest absolute Gasteiger partial charge is 0.395 e. The van der Waals surface area contributed by atoms with E-state index in [9.17, 15) is 13.2 Å². The second-order valence-electron chi connectivity index (χ2n) is 5.00. The molecule has 1 saturated heterocycles. The predicted molar refractivity (Wildman–Crippen MR) is 76.2 cm³/mol. The van der Waals surface area contributed by atoms with E-state index < -0.39 is 15.1 Å². The van der Waals surface area contributed by atoms with Gasteiger partial charge in [0, 0.05) is 13.1 Å². The van der Waals surface area contributed by atoms with Crippen molar-refractivity contribution in [2.45, 2.75) is 38.5 Å². The maximum absolute atomic E-state index is 12.2. The topological polar surface area (TPSA) is 107 Å². The van der Waals surface area contributed by atoms with Gasteiger partial charge in [-0.3, -0.25) is 9.48 Å². The van der Waals surface area contributed by atoms with Crippen LogP contribution in [0, 0.1) is 6.92 Å². The van der Waals surface area contributed by atoms with Crippen molar-refractivity contribution in [3.05, 3.63) is 11.4 Å². The van der Waals surface area contributed by atoms with Gasteiger partial charge in [-0.15, -0.1) is 0 Å². The molecule has 112 valence electrons. The Bertz CT molecular complexity index is 621. The third-order valence-corrected chi connectivity index (χ3v) is 5.92. The number of anilines is 1. The minimum Gasteiger partial charge on any atom is -0.395 e. The third kappa shape index (κ3) is 2.65. The number of nitrogens with one attached hydrogen (secondary N) is 1. The first-order valence-corrected chi connectivity index (χ1v) is 8.41. The first kappa shape index (κ1) is 14.8. The lowest BCUT2D eigenvalue weighted by Crippen LogP contribution is -2.35.